The van der Waals surface area contributed by atoms with Gasteiger partial charge in [0.05, 0.1) is 0 Å². The number of rotatable bonds is 3. The largest absolute Gasteiger partial charge is 0.281 e. The average molecular weight is 265 g/mol. The van der Waals surface area contributed by atoms with E-state index in [0.717, 1.165) is 0 Å². The van der Waals surface area contributed by atoms with Crippen molar-refractivity contribution < 1.29 is 8.78 Å². The molecule has 0 spiro atoms. The predicted octanol–water partition coefficient (Wildman–Crippen LogP) is 2.87. The van der Waals surface area contributed by atoms with E-state index in [1.165, 1.54) is 12.1 Å². The van der Waals surface area contributed by atoms with E-state index in [1.54, 1.807) is 36.4 Å². The molecule has 0 fully saturated rings. The summed E-state index contributed by atoms with van der Waals surface area (Å²) < 4.78 is 29.6. The molecule has 1 nitrogen and oxygen atoms in total. The van der Waals surface area contributed by atoms with Gasteiger partial charge in [-0.2, -0.15) is 0 Å². The van der Waals surface area contributed by atoms with Gasteiger partial charge in [-0.15, -0.1) is 0 Å². The van der Waals surface area contributed by atoms with Gasteiger partial charge in [-0.3, -0.25) is 4.67 Å². The van der Waals surface area contributed by atoms with E-state index in [1.807, 2.05) is 18.8 Å². The maximum Gasteiger partial charge on any atom is 0.132 e. The molecule has 94 valence electrons. The molecule has 0 aliphatic carbocycles. The highest BCUT2D eigenvalue weighted by Crippen LogP contribution is 2.37. The highest BCUT2D eigenvalue weighted by atomic mass is 31.1. The molecule has 2 aromatic rings. The third-order valence-electron chi connectivity index (χ3n) is 2.56. The topological polar surface area (TPSA) is 3.24 Å². The Morgan fingerprint density at radius 3 is 1.50 bits per heavy atom. The van der Waals surface area contributed by atoms with Gasteiger partial charge in [0.25, 0.3) is 0 Å². The van der Waals surface area contributed by atoms with Crippen molar-refractivity contribution in [2.45, 2.75) is 0 Å². The first-order valence-electron chi connectivity index (χ1n) is 5.57. The molecule has 0 bridgehead atoms. The van der Waals surface area contributed by atoms with Crippen LogP contribution in [0.5, 0.6) is 0 Å². The zero-order valence-electron chi connectivity index (χ0n) is 10.3. The Balaban J connectivity index is 2.55. The molecule has 18 heavy (non-hydrogen) atoms. The molecule has 2 aromatic carbocycles. The van der Waals surface area contributed by atoms with Crippen molar-refractivity contribution in [3.05, 3.63) is 60.2 Å². The summed E-state index contributed by atoms with van der Waals surface area (Å²) in [7, 11) is 2.51. The van der Waals surface area contributed by atoms with Crippen molar-refractivity contribution in [3.8, 4) is 0 Å². The number of nitrogens with zero attached hydrogens (tertiary/aromatic N) is 1. The Kier molecular flexibility index (Phi) is 4.05. The van der Waals surface area contributed by atoms with Crippen LogP contribution >= 0.6 is 8.07 Å². The summed E-state index contributed by atoms with van der Waals surface area (Å²) >= 11 is 0. The van der Waals surface area contributed by atoms with Crippen LogP contribution in [0.15, 0.2) is 48.5 Å². The van der Waals surface area contributed by atoms with Gasteiger partial charge in [0.15, 0.2) is 0 Å². The summed E-state index contributed by atoms with van der Waals surface area (Å²) in [6.45, 7) is 0. The lowest BCUT2D eigenvalue weighted by Gasteiger charge is -2.25. The smallest absolute Gasteiger partial charge is 0.132 e. The summed E-state index contributed by atoms with van der Waals surface area (Å²) in [6, 6.07) is 13.1. The molecule has 4 heteroatoms. The van der Waals surface area contributed by atoms with Crippen LogP contribution < -0.4 is 10.6 Å². The van der Waals surface area contributed by atoms with Gasteiger partial charge in [-0.05, 0) is 38.4 Å². The van der Waals surface area contributed by atoms with Crippen molar-refractivity contribution in [1.29, 1.82) is 0 Å². The number of hydrogen-bond donors (Lipinski definition) is 0. The Hall–Kier alpha value is -1.31. The summed E-state index contributed by atoms with van der Waals surface area (Å²) in [5.41, 5.74) is 0. The molecule has 0 aliphatic rings. The molecule has 0 atom stereocenters. The van der Waals surface area contributed by atoms with Crippen LogP contribution in [0.1, 0.15) is 0 Å². The fraction of sp³-hybridized carbons (Fsp3) is 0.143. The lowest BCUT2D eigenvalue weighted by Crippen LogP contribution is -2.26. The average Bonchev–Trinajstić information content (AvgIpc) is 2.34. The minimum atomic E-state index is -1.17. The van der Waals surface area contributed by atoms with Crippen molar-refractivity contribution in [1.82, 2.24) is 4.67 Å². The second kappa shape index (κ2) is 5.55. The van der Waals surface area contributed by atoms with Crippen molar-refractivity contribution in [2.24, 2.45) is 0 Å². The van der Waals surface area contributed by atoms with Gasteiger partial charge in [0.1, 0.15) is 11.6 Å². The van der Waals surface area contributed by atoms with E-state index in [0.29, 0.717) is 10.6 Å². The maximum atomic E-state index is 13.9. The van der Waals surface area contributed by atoms with Crippen LogP contribution in [0.25, 0.3) is 0 Å². The summed E-state index contributed by atoms with van der Waals surface area (Å²) in [4.78, 5) is 0. The van der Waals surface area contributed by atoms with Crippen LogP contribution in [0.2, 0.25) is 0 Å². The minimum Gasteiger partial charge on any atom is -0.281 e. The van der Waals surface area contributed by atoms with Crippen LogP contribution in [-0.2, 0) is 0 Å². The van der Waals surface area contributed by atoms with Crippen molar-refractivity contribution in [3.63, 3.8) is 0 Å². The van der Waals surface area contributed by atoms with E-state index >= 15 is 0 Å². The second-order valence-corrected chi connectivity index (χ2v) is 6.45. The van der Waals surface area contributed by atoms with E-state index in [-0.39, 0.29) is 11.6 Å². The lowest BCUT2D eigenvalue weighted by atomic mass is 10.3. The molecule has 0 unspecified atom stereocenters. The Bertz CT molecular complexity index is 497. The Labute approximate surface area is 107 Å². The highest BCUT2D eigenvalue weighted by Gasteiger charge is 2.22. The Morgan fingerprint density at radius 1 is 0.778 bits per heavy atom. The monoisotopic (exact) mass is 265 g/mol. The molecule has 0 N–H and O–H groups in total. The van der Waals surface area contributed by atoms with Crippen molar-refractivity contribution in [2.75, 3.05) is 14.1 Å². The van der Waals surface area contributed by atoms with Gasteiger partial charge in [-0.25, -0.2) is 8.78 Å². The summed E-state index contributed by atoms with van der Waals surface area (Å²) in [5, 5.41) is 1.09. The maximum absolute atomic E-state index is 13.9. The molecule has 0 saturated carbocycles. The van der Waals surface area contributed by atoms with Gasteiger partial charge in [-0.1, -0.05) is 24.3 Å². The molecule has 0 heterocycles. The first kappa shape index (κ1) is 13.1. The number of halogens is 2. The summed E-state index contributed by atoms with van der Waals surface area (Å²) in [5.74, 6) is -0.582. The number of hydrogen-bond acceptors (Lipinski definition) is 1. The fourth-order valence-corrected chi connectivity index (χ4v) is 3.94. The highest BCUT2D eigenvalue weighted by molar-refractivity contribution is 7.70. The van der Waals surface area contributed by atoms with E-state index in [4.69, 9.17) is 0 Å². The van der Waals surface area contributed by atoms with Crippen LogP contribution in [0, 0.1) is 11.6 Å². The van der Waals surface area contributed by atoms with Crippen LogP contribution in [-0.4, -0.2) is 18.8 Å². The molecular formula is C14H14F2NP. The van der Waals surface area contributed by atoms with Crippen molar-refractivity contribution >= 4 is 18.7 Å². The van der Waals surface area contributed by atoms with Gasteiger partial charge < -0.3 is 0 Å². The Morgan fingerprint density at radius 2 is 1.17 bits per heavy atom. The lowest BCUT2D eigenvalue weighted by molar-refractivity contribution is 0.627. The van der Waals surface area contributed by atoms with Gasteiger partial charge >= 0.3 is 0 Å². The molecule has 0 amide bonds. The van der Waals surface area contributed by atoms with E-state index in [9.17, 15) is 8.78 Å². The first-order valence-corrected chi connectivity index (χ1v) is 6.87. The normalized spacial score (nSPS) is 11.2. The zero-order valence-corrected chi connectivity index (χ0v) is 11.2. The van der Waals surface area contributed by atoms with Gasteiger partial charge in [0.2, 0.25) is 0 Å². The standard InChI is InChI=1S/C14H14F2NP/c1-17(2)18(13-9-5-3-7-11(13)15)14-10-6-4-8-12(14)16/h3-10H,1-2H3. The van der Waals surface area contributed by atoms with E-state index < -0.39 is 8.07 Å². The molecule has 0 aromatic heterocycles. The van der Waals surface area contributed by atoms with Crippen LogP contribution in [0.3, 0.4) is 0 Å². The minimum absolute atomic E-state index is 0.291. The first-order chi connectivity index (χ1) is 8.61. The SMILES string of the molecule is CN(C)P(c1ccccc1F)c1ccccc1F. The molecular weight excluding hydrogens is 251 g/mol. The predicted molar refractivity (Wildman–Crippen MR) is 72.7 cm³/mol. The number of benzene rings is 2. The third-order valence-corrected chi connectivity index (χ3v) is 5.00. The third kappa shape index (κ3) is 2.58. The molecule has 0 saturated heterocycles. The molecule has 2 rings (SSSR count). The van der Waals surface area contributed by atoms with Crippen LogP contribution in [0.4, 0.5) is 8.78 Å². The van der Waals surface area contributed by atoms with Gasteiger partial charge in [0, 0.05) is 18.7 Å². The fourth-order valence-electron chi connectivity index (χ4n) is 1.81. The van der Waals surface area contributed by atoms with E-state index in [2.05, 4.69) is 0 Å². The second-order valence-electron chi connectivity index (χ2n) is 4.06. The zero-order chi connectivity index (χ0) is 13.1. The molecule has 0 radical (unpaired) electrons. The summed E-state index contributed by atoms with van der Waals surface area (Å²) in [6.07, 6.45) is 0. The quantitative estimate of drug-likeness (QED) is 0.771. The molecule has 0 aliphatic heterocycles.